The number of carbonyl (C=O) groups is 1. The lowest BCUT2D eigenvalue weighted by Crippen LogP contribution is -2.13. The molecule has 4 nitrogen and oxygen atoms in total. The Morgan fingerprint density at radius 1 is 1.05 bits per heavy atom. The van der Waals surface area contributed by atoms with Crippen LogP contribution in [0.1, 0.15) is 35.8 Å². The van der Waals surface area contributed by atoms with Gasteiger partial charge in [-0.25, -0.2) is 4.98 Å². The van der Waals surface area contributed by atoms with Crippen molar-refractivity contribution in [3.05, 3.63) is 53.9 Å². The molecule has 1 heterocycles. The van der Waals surface area contributed by atoms with Gasteiger partial charge in [-0.1, -0.05) is 26.0 Å². The van der Waals surface area contributed by atoms with Crippen LogP contribution in [0, 0.1) is 0 Å². The van der Waals surface area contributed by atoms with E-state index in [1.165, 1.54) is 5.56 Å². The van der Waals surface area contributed by atoms with Crippen LogP contribution in [-0.2, 0) is 0 Å². The Morgan fingerprint density at radius 2 is 1.70 bits per heavy atom. The van der Waals surface area contributed by atoms with Gasteiger partial charge in [0, 0.05) is 12.7 Å². The molecular formula is C16H19N3O. The molecule has 1 aromatic heterocycles. The van der Waals surface area contributed by atoms with Gasteiger partial charge in [-0.15, -0.1) is 0 Å². The van der Waals surface area contributed by atoms with Crippen molar-refractivity contribution in [3.63, 3.8) is 0 Å². The van der Waals surface area contributed by atoms with Gasteiger partial charge in [-0.2, -0.15) is 0 Å². The van der Waals surface area contributed by atoms with Crippen LogP contribution >= 0.6 is 0 Å². The number of amides is 1. The first-order chi connectivity index (χ1) is 9.60. The van der Waals surface area contributed by atoms with Crippen molar-refractivity contribution in [2.75, 3.05) is 17.7 Å². The molecule has 20 heavy (non-hydrogen) atoms. The minimum absolute atomic E-state index is 0.204. The zero-order valence-corrected chi connectivity index (χ0v) is 12.0. The summed E-state index contributed by atoms with van der Waals surface area (Å²) in [6.45, 7) is 4.28. The lowest BCUT2D eigenvalue weighted by Gasteiger charge is -2.08. The van der Waals surface area contributed by atoms with Gasteiger partial charge in [0.15, 0.2) is 0 Å². The summed E-state index contributed by atoms with van der Waals surface area (Å²) in [5.41, 5.74) is 3.30. The second-order valence-corrected chi connectivity index (χ2v) is 4.91. The summed E-state index contributed by atoms with van der Waals surface area (Å²) in [7, 11) is 1.81. The number of hydrogen-bond acceptors (Lipinski definition) is 3. The molecule has 0 aliphatic rings. The molecule has 104 valence electrons. The van der Waals surface area contributed by atoms with Crippen LogP contribution in [-0.4, -0.2) is 17.9 Å². The van der Waals surface area contributed by atoms with Crippen molar-refractivity contribution in [3.8, 4) is 0 Å². The Hall–Kier alpha value is -2.36. The van der Waals surface area contributed by atoms with Gasteiger partial charge in [0.25, 0.3) is 5.91 Å². The molecule has 1 aromatic carbocycles. The quantitative estimate of drug-likeness (QED) is 0.893. The van der Waals surface area contributed by atoms with Crippen molar-refractivity contribution >= 4 is 17.3 Å². The monoisotopic (exact) mass is 269 g/mol. The Morgan fingerprint density at radius 3 is 2.20 bits per heavy atom. The Balaban J connectivity index is 2.06. The van der Waals surface area contributed by atoms with Crippen molar-refractivity contribution in [1.82, 2.24) is 4.98 Å². The fourth-order valence-corrected chi connectivity index (χ4v) is 1.82. The Labute approximate surface area is 119 Å². The van der Waals surface area contributed by atoms with Crippen molar-refractivity contribution in [2.45, 2.75) is 19.8 Å². The summed E-state index contributed by atoms with van der Waals surface area (Å²) < 4.78 is 0. The zero-order chi connectivity index (χ0) is 14.5. The molecule has 0 saturated heterocycles. The number of pyridine rings is 1. The SMILES string of the molecule is CNc1ccc(C(=O)Nc2ccc(C(C)C)cc2)nc1. The van der Waals surface area contributed by atoms with Crippen LogP contribution in [0.5, 0.6) is 0 Å². The molecule has 0 unspecified atom stereocenters. The molecule has 2 aromatic rings. The average molecular weight is 269 g/mol. The van der Waals surface area contributed by atoms with Crippen molar-refractivity contribution in [2.24, 2.45) is 0 Å². The molecule has 0 saturated carbocycles. The summed E-state index contributed by atoms with van der Waals surface area (Å²) >= 11 is 0. The highest BCUT2D eigenvalue weighted by Gasteiger charge is 2.07. The summed E-state index contributed by atoms with van der Waals surface area (Å²) in [6.07, 6.45) is 1.64. The van der Waals surface area contributed by atoms with Gasteiger partial charge in [0.1, 0.15) is 5.69 Å². The normalized spacial score (nSPS) is 10.4. The fourth-order valence-electron chi connectivity index (χ4n) is 1.82. The fraction of sp³-hybridized carbons (Fsp3) is 0.250. The molecular weight excluding hydrogens is 250 g/mol. The second-order valence-electron chi connectivity index (χ2n) is 4.91. The van der Waals surface area contributed by atoms with Gasteiger partial charge in [-0.05, 0) is 35.7 Å². The largest absolute Gasteiger partial charge is 0.387 e. The number of rotatable bonds is 4. The smallest absolute Gasteiger partial charge is 0.274 e. The van der Waals surface area contributed by atoms with Gasteiger partial charge >= 0.3 is 0 Å². The molecule has 4 heteroatoms. The second kappa shape index (κ2) is 6.19. The van der Waals surface area contributed by atoms with Crippen LogP contribution < -0.4 is 10.6 Å². The summed E-state index contributed by atoms with van der Waals surface area (Å²) in [4.78, 5) is 16.2. The van der Waals surface area contributed by atoms with Crippen LogP contribution in [0.2, 0.25) is 0 Å². The minimum Gasteiger partial charge on any atom is -0.387 e. The third-order valence-electron chi connectivity index (χ3n) is 3.12. The molecule has 1 amide bonds. The van der Waals surface area contributed by atoms with Crippen molar-refractivity contribution in [1.29, 1.82) is 0 Å². The zero-order valence-electron chi connectivity index (χ0n) is 12.0. The number of benzene rings is 1. The summed E-state index contributed by atoms with van der Waals surface area (Å²) in [6, 6.07) is 11.4. The number of hydrogen-bond donors (Lipinski definition) is 2. The number of aromatic nitrogens is 1. The van der Waals surface area contributed by atoms with E-state index in [9.17, 15) is 4.79 Å². The van der Waals surface area contributed by atoms with Crippen LogP contribution in [0.15, 0.2) is 42.6 Å². The van der Waals surface area contributed by atoms with E-state index < -0.39 is 0 Å². The summed E-state index contributed by atoms with van der Waals surface area (Å²) in [5.74, 6) is 0.278. The number of nitrogens with one attached hydrogen (secondary N) is 2. The van der Waals surface area contributed by atoms with E-state index >= 15 is 0 Å². The lowest BCUT2D eigenvalue weighted by molar-refractivity contribution is 0.102. The van der Waals surface area contributed by atoms with E-state index in [0.29, 0.717) is 11.6 Å². The summed E-state index contributed by atoms with van der Waals surface area (Å²) in [5, 5.41) is 5.81. The van der Waals surface area contributed by atoms with Gasteiger partial charge in [-0.3, -0.25) is 4.79 Å². The van der Waals surface area contributed by atoms with E-state index in [2.05, 4.69) is 29.5 Å². The van der Waals surface area contributed by atoms with Crippen molar-refractivity contribution < 1.29 is 4.79 Å². The number of nitrogens with zero attached hydrogens (tertiary/aromatic N) is 1. The maximum Gasteiger partial charge on any atom is 0.274 e. The Kier molecular flexibility index (Phi) is 4.35. The molecule has 0 fully saturated rings. The van der Waals surface area contributed by atoms with E-state index in [4.69, 9.17) is 0 Å². The minimum atomic E-state index is -0.204. The van der Waals surface area contributed by atoms with E-state index in [1.54, 1.807) is 12.3 Å². The first-order valence-electron chi connectivity index (χ1n) is 6.65. The standard InChI is InChI=1S/C16H19N3O/c1-11(2)12-4-6-13(7-5-12)19-16(20)15-9-8-14(17-3)10-18-15/h4-11,17H,1-3H3,(H,19,20). The first-order valence-corrected chi connectivity index (χ1v) is 6.65. The topological polar surface area (TPSA) is 54.0 Å². The number of carbonyl (C=O) groups excluding carboxylic acids is 1. The van der Waals surface area contributed by atoms with Gasteiger partial charge < -0.3 is 10.6 Å². The predicted octanol–water partition coefficient (Wildman–Crippen LogP) is 3.50. The highest BCUT2D eigenvalue weighted by molar-refractivity contribution is 6.02. The van der Waals surface area contributed by atoms with Crippen LogP contribution in [0.25, 0.3) is 0 Å². The lowest BCUT2D eigenvalue weighted by atomic mass is 10.0. The Bertz CT molecular complexity index is 574. The third kappa shape index (κ3) is 3.35. The van der Waals surface area contributed by atoms with E-state index in [0.717, 1.165) is 11.4 Å². The predicted molar refractivity (Wildman–Crippen MR) is 82.3 cm³/mol. The molecule has 2 N–H and O–H groups in total. The average Bonchev–Trinajstić information content (AvgIpc) is 2.48. The van der Waals surface area contributed by atoms with Gasteiger partial charge in [0.05, 0.1) is 11.9 Å². The van der Waals surface area contributed by atoms with Crippen LogP contribution in [0.3, 0.4) is 0 Å². The maximum atomic E-state index is 12.0. The molecule has 0 atom stereocenters. The maximum absolute atomic E-state index is 12.0. The first kappa shape index (κ1) is 14.1. The van der Waals surface area contributed by atoms with Crippen LogP contribution in [0.4, 0.5) is 11.4 Å². The van der Waals surface area contributed by atoms with Gasteiger partial charge in [0.2, 0.25) is 0 Å². The molecule has 0 bridgehead atoms. The van der Waals surface area contributed by atoms with E-state index in [-0.39, 0.29) is 5.91 Å². The van der Waals surface area contributed by atoms with E-state index in [1.807, 2.05) is 37.4 Å². The molecule has 0 radical (unpaired) electrons. The molecule has 0 spiro atoms. The molecule has 2 rings (SSSR count). The molecule has 0 aliphatic carbocycles. The molecule has 0 aliphatic heterocycles. The highest BCUT2D eigenvalue weighted by atomic mass is 16.1. The third-order valence-corrected chi connectivity index (χ3v) is 3.12. The highest BCUT2D eigenvalue weighted by Crippen LogP contribution is 2.17. The number of anilines is 2.